The number of amides is 6. The molecule has 10 heterocycles. The van der Waals surface area contributed by atoms with Crippen LogP contribution >= 0.6 is 0 Å². The van der Waals surface area contributed by atoms with E-state index >= 15 is 0 Å². The lowest BCUT2D eigenvalue weighted by molar-refractivity contribution is -0.403. The number of hydrogen-bond acceptors (Lipinski definition) is 52. The summed E-state index contributed by atoms with van der Waals surface area (Å²) in [4.78, 5) is 76.9. The molecule has 59 nitrogen and oxygen atoms in total. The number of nitrogens with one attached hydrogen (secondary N) is 6. The fourth-order valence-corrected chi connectivity index (χ4v) is 16.9. The lowest BCUT2D eigenvalue weighted by atomic mass is 9.93. The Morgan fingerprint density at radius 2 is 0.545 bits per heavy atom. The highest BCUT2D eigenvalue weighted by Gasteiger charge is 2.62. The zero-order valence-corrected chi connectivity index (χ0v) is 72.1. The van der Waals surface area contributed by atoms with E-state index in [-0.39, 0.29) is 0 Å². The van der Waals surface area contributed by atoms with Gasteiger partial charge in [-0.2, -0.15) is 8.42 Å². The van der Waals surface area contributed by atoms with Crippen molar-refractivity contribution in [3.8, 4) is 0 Å². The van der Waals surface area contributed by atoms with E-state index in [9.17, 15) is 164 Å². The Morgan fingerprint density at radius 1 is 0.250 bits per heavy atom. The maximum absolute atomic E-state index is 13.4. The minimum absolute atomic E-state index is 0.838. The molecule has 50 atom stereocenters. The SMILES string of the molecule is CC(=O)N[C@H]1[C@H](O[C@H]2[C@H](O)[C@@H](NC(C)=O)C(O)O[C@@H]2CO[C@@H]2O[C@@H](C)[C@@H](O)[C@@H](O)[C@@H]2O)O[C@H](CO)[C@@H](O[C@@H]2O[C@H](CO[C@H]3O[C@H](CO[C@@H]4O[C@H](CO)[C@@H](O)[C@H](O)[C@H]4NC(C)=O)[C@@H](O)[C@H](O)[C@@H]3O[C@@H]3O[C@H](CO)[C@@H](O)[C@H](O)[C@H]3NC(C)=O)[C@@H](O)[C@H](O[C@H]3O[C@H](CO)[C@@H](O[C@@H]4O[C@H](COS(=O)(=O)O)[C@@H](O)[C@H](O)[C@H]4NC(C)=O)[C@H](O)[C@@H]3O[C@@H]3O[C@H](CO)[C@@H](O)[C@H](O)[C@H]3NC(C)=O)[C@@H]2O)[C@@H]1O. The maximum atomic E-state index is 13.4. The van der Waals surface area contributed by atoms with Crippen LogP contribution in [0, 0.1) is 0 Å². The monoisotopic (exact) mass is 1950 g/mol. The Kier molecular flexibility index (Phi) is 39.0. The Morgan fingerprint density at radius 3 is 0.992 bits per heavy atom. The number of aliphatic hydroxyl groups is 24. The molecule has 132 heavy (non-hydrogen) atoms. The van der Waals surface area contributed by atoms with Crippen LogP contribution in [0.3, 0.4) is 0 Å². The molecule has 0 saturated carbocycles. The van der Waals surface area contributed by atoms with Crippen LogP contribution in [0.2, 0.25) is 0 Å². The second kappa shape index (κ2) is 47.3. The van der Waals surface area contributed by atoms with Gasteiger partial charge < -0.3 is 244 Å². The molecule has 0 aromatic rings. The third kappa shape index (κ3) is 25.6. The number of carbonyl (C=O) groups excluding carboxylic acids is 6. The van der Waals surface area contributed by atoms with Crippen molar-refractivity contribution in [2.45, 2.75) is 355 Å². The standard InChI is InChI=1S/C72H120N6O53S/c1-17-39(90)52(103)54(105)69(116-17)113-15-32-59(50(101)33(63(108)117-32)73-18(2)84)127-68-38(78-23(7)89)51(102)57(27(11-82)121-68)128-70-56(107)60(129-72-62(131-66-36(76-21(5)87)48(99)42(93)26(10-81)120-66)55(106)58(28(12-83)122-72)126-67-37(77-22(6)88)49(100)43(94)31(123-67)16-115-132(109,110)111)45(96)30(124-70)14-114-71-61(130-65-35(75-20(4)86)47(98)41(92)25(9-80)119-65)53(104)44(95)29(125-71)13-112-64-34(74-19(3)85)46(97)40(91)24(8-79)118-64/h17,24-72,79-83,90-108H,8-16H2,1-7H3,(H,73,84)(H,74,85)(H,75,86)(H,76,87)(H,77,88)(H,78,89)(H,109,110,111)/t17-,24+,25+,26+,27+,28+,29+,30+,31+,32+,33+,34+,35+,36+,37+,38+,39+,40+,41+,42+,43+,44+,45+,46+,47+,48+,49+,50+,51+,52+,53-,54-,55-,56-,57+,58+,59+,60-,61-,62-,63?,64+,65-,66-,67-,68-,69+,70-,71-,72+/m0/s1. The van der Waals surface area contributed by atoms with Crippen molar-refractivity contribution < 1.29 is 258 Å². The van der Waals surface area contributed by atoms with E-state index in [1.165, 1.54) is 6.92 Å². The molecule has 0 aromatic carbocycles. The van der Waals surface area contributed by atoms with Crippen molar-refractivity contribution in [1.82, 2.24) is 31.9 Å². The van der Waals surface area contributed by atoms with Gasteiger partial charge in [0.1, 0.15) is 238 Å². The van der Waals surface area contributed by atoms with E-state index in [1.54, 1.807) is 0 Å². The first-order valence-corrected chi connectivity index (χ1v) is 43.0. The van der Waals surface area contributed by atoms with Gasteiger partial charge in [-0.25, -0.2) is 4.18 Å². The van der Waals surface area contributed by atoms with Crippen LogP contribution in [-0.4, -0.2) is 537 Å². The Labute approximate surface area is 748 Å². The summed E-state index contributed by atoms with van der Waals surface area (Å²) in [6, 6.07) is -11.5. The molecule has 762 valence electrons. The van der Waals surface area contributed by atoms with Gasteiger partial charge in [0.2, 0.25) is 35.4 Å². The highest BCUT2D eigenvalue weighted by molar-refractivity contribution is 7.80. The topological polar surface area (TPSA) is 899 Å². The van der Waals surface area contributed by atoms with Crippen molar-refractivity contribution in [2.24, 2.45) is 0 Å². The third-order valence-electron chi connectivity index (χ3n) is 23.4. The summed E-state index contributed by atoms with van der Waals surface area (Å²) in [7, 11) is -5.37. The van der Waals surface area contributed by atoms with Gasteiger partial charge in [-0.3, -0.25) is 33.3 Å². The number of rotatable bonds is 35. The summed E-state index contributed by atoms with van der Waals surface area (Å²) in [6.07, 6.45) is -95.2. The van der Waals surface area contributed by atoms with Crippen LogP contribution in [0.5, 0.6) is 0 Å². The van der Waals surface area contributed by atoms with Crippen molar-refractivity contribution in [3.05, 3.63) is 0 Å². The highest BCUT2D eigenvalue weighted by Crippen LogP contribution is 2.41. The second-order valence-electron chi connectivity index (χ2n) is 33.0. The second-order valence-corrected chi connectivity index (χ2v) is 34.1. The van der Waals surface area contributed by atoms with Gasteiger partial charge in [0.15, 0.2) is 62.9 Å². The van der Waals surface area contributed by atoms with Gasteiger partial charge in [-0.1, -0.05) is 0 Å². The predicted octanol–water partition coefficient (Wildman–Crippen LogP) is -21.1. The van der Waals surface area contributed by atoms with Crippen molar-refractivity contribution in [3.63, 3.8) is 0 Å². The molecular formula is C72H120N6O53S. The van der Waals surface area contributed by atoms with Crippen LogP contribution in [-0.2, 0) is 133 Å². The molecule has 0 aliphatic carbocycles. The van der Waals surface area contributed by atoms with Crippen molar-refractivity contribution >= 4 is 45.8 Å². The van der Waals surface area contributed by atoms with E-state index in [2.05, 4.69) is 36.1 Å². The fourth-order valence-electron chi connectivity index (χ4n) is 16.6. The normalized spacial score (nSPS) is 46.8. The van der Waals surface area contributed by atoms with Gasteiger partial charge >= 0.3 is 10.4 Å². The molecule has 0 aromatic heterocycles. The fraction of sp³-hybridized carbons (Fsp3) is 0.917. The zero-order valence-electron chi connectivity index (χ0n) is 71.3. The van der Waals surface area contributed by atoms with Crippen molar-refractivity contribution in [1.29, 1.82) is 0 Å². The molecule has 0 radical (unpaired) electrons. The molecule has 10 aliphatic rings. The average Bonchev–Trinajstić information content (AvgIpc) is 0.764. The number of aliphatic hydroxyl groups excluding tert-OH is 24. The first-order valence-electron chi connectivity index (χ1n) is 41.6. The van der Waals surface area contributed by atoms with Gasteiger partial charge in [0.25, 0.3) is 0 Å². The van der Waals surface area contributed by atoms with Crippen LogP contribution < -0.4 is 31.9 Å². The Balaban J connectivity index is 1.06. The van der Waals surface area contributed by atoms with E-state index < -0.39 is 412 Å². The molecule has 10 fully saturated rings. The summed E-state index contributed by atoms with van der Waals surface area (Å²) in [5, 5.41) is 288. The maximum Gasteiger partial charge on any atom is 0.397 e. The lowest BCUT2D eigenvalue weighted by Crippen LogP contribution is -2.71. The Bertz CT molecular complexity index is 3840. The first kappa shape index (κ1) is 109. The van der Waals surface area contributed by atoms with Crippen LogP contribution in [0.25, 0.3) is 0 Å². The van der Waals surface area contributed by atoms with Crippen molar-refractivity contribution in [2.75, 3.05) is 59.5 Å². The summed E-state index contributed by atoms with van der Waals surface area (Å²) >= 11 is 0. The van der Waals surface area contributed by atoms with E-state index in [4.69, 9.17) is 90.0 Å². The van der Waals surface area contributed by atoms with E-state index in [1.807, 2.05) is 0 Å². The average molecular weight is 1950 g/mol. The highest BCUT2D eigenvalue weighted by atomic mass is 32.3. The lowest BCUT2D eigenvalue weighted by Gasteiger charge is -2.52. The molecule has 31 N–H and O–H groups in total. The molecule has 1 unspecified atom stereocenters. The molecule has 60 heteroatoms. The minimum atomic E-state index is -5.37. The molecular weight excluding hydrogens is 1830 g/mol. The smallest absolute Gasteiger partial charge is 0.394 e. The molecule has 10 rings (SSSR count). The first-order chi connectivity index (χ1) is 62.1. The Hall–Kier alpha value is -5.03. The van der Waals surface area contributed by atoms with Crippen LogP contribution in [0.15, 0.2) is 0 Å². The summed E-state index contributed by atoms with van der Waals surface area (Å²) in [6.45, 7) is -3.69. The summed E-state index contributed by atoms with van der Waals surface area (Å²) < 4.78 is 152. The number of ether oxygens (including phenoxy) is 19. The zero-order chi connectivity index (χ0) is 97.6. The number of carbonyl (C=O) groups is 6. The molecule has 6 amide bonds. The van der Waals surface area contributed by atoms with Gasteiger partial charge in [0.05, 0.1) is 65.6 Å². The summed E-state index contributed by atoms with van der Waals surface area (Å²) in [5.74, 6) is -5.67. The minimum Gasteiger partial charge on any atom is -0.394 e. The number of hydrogen-bond donors (Lipinski definition) is 31. The van der Waals surface area contributed by atoms with Gasteiger partial charge in [-0.15, -0.1) is 0 Å². The summed E-state index contributed by atoms with van der Waals surface area (Å²) in [5.41, 5.74) is 0. The van der Waals surface area contributed by atoms with Crippen LogP contribution in [0.1, 0.15) is 48.5 Å². The quantitative estimate of drug-likeness (QED) is 0.0262. The van der Waals surface area contributed by atoms with Crippen LogP contribution in [0.4, 0.5) is 0 Å². The van der Waals surface area contributed by atoms with E-state index in [0.717, 1.165) is 41.5 Å². The molecule has 10 aliphatic heterocycles. The largest absolute Gasteiger partial charge is 0.397 e. The van der Waals surface area contributed by atoms with Gasteiger partial charge in [0, 0.05) is 41.5 Å². The van der Waals surface area contributed by atoms with Gasteiger partial charge in [-0.05, 0) is 6.92 Å². The van der Waals surface area contributed by atoms with E-state index in [0.29, 0.717) is 0 Å². The molecule has 0 spiro atoms. The third-order valence-corrected chi connectivity index (χ3v) is 23.8. The predicted molar refractivity (Wildman–Crippen MR) is 408 cm³/mol. The molecule has 0 bridgehead atoms. The molecule has 10 saturated heterocycles.